The maximum atomic E-state index is 12.0. The molecule has 0 spiro atoms. The Kier molecular flexibility index (Phi) is 4.13. The minimum atomic E-state index is -0.785. The van der Waals surface area contributed by atoms with Crippen molar-refractivity contribution >= 4 is 11.9 Å². The average molecular weight is 268 g/mol. The first-order valence-corrected chi connectivity index (χ1v) is 7.29. The Balaban J connectivity index is 1.96. The lowest BCUT2D eigenvalue weighted by Crippen LogP contribution is -2.60. The van der Waals surface area contributed by atoms with E-state index in [1.54, 1.807) is 0 Å². The number of hydrogen-bond donors (Lipinski definition) is 3. The largest absolute Gasteiger partial charge is 0.481 e. The molecule has 0 bridgehead atoms. The van der Waals surface area contributed by atoms with Crippen LogP contribution in [0.5, 0.6) is 0 Å². The maximum Gasteiger partial charge on any atom is 0.311 e. The van der Waals surface area contributed by atoms with E-state index in [1.807, 2.05) is 0 Å². The maximum absolute atomic E-state index is 12.0. The standard InChI is InChI=1S/C14H24N2O3/c15-14(8-5-9-14)11(17)16-10-13(12(18)19)6-3-1-2-4-7-13/h1-10,15H2,(H,16,17)(H,18,19). The first-order valence-electron chi connectivity index (χ1n) is 7.29. The number of amides is 1. The zero-order valence-corrected chi connectivity index (χ0v) is 11.4. The van der Waals surface area contributed by atoms with Gasteiger partial charge >= 0.3 is 5.97 Å². The normalized spacial score (nSPS) is 24.9. The van der Waals surface area contributed by atoms with Crippen molar-refractivity contribution in [3.05, 3.63) is 0 Å². The van der Waals surface area contributed by atoms with Crippen molar-refractivity contribution in [3.63, 3.8) is 0 Å². The van der Waals surface area contributed by atoms with Gasteiger partial charge in [-0.2, -0.15) is 0 Å². The number of carbonyl (C=O) groups is 2. The number of nitrogens with two attached hydrogens (primary N) is 1. The van der Waals surface area contributed by atoms with Crippen LogP contribution in [0.1, 0.15) is 57.8 Å². The second-order valence-electron chi connectivity index (χ2n) is 6.19. The Morgan fingerprint density at radius 3 is 2.00 bits per heavy atom. The summed E-state index contributed by atoms with van der Waals surface area (Å²) in [4.78, 5) is 23.6. The van der Waals surface area contributed by atoms with Crippen LogP contribution >= 0.6 is 0 Å². The molecule has 2 saturated carbocycles. The molecular formula is C14H24N2O3. The van der Waals surface area contributed by atoms with E-state index in [9.17, 15) is 14.7 Å². The number of aliphatic carboxylic acids is 1. The fraction of sp³-hybridized carbons (Fsp3) is 0.857. The highest BCUT2D eigenvalue weighted by molar-refractivity contribution is 5.87. The second-order valence-corrected chi connectivity index (χ2v) is 6.19. The number of carboxylic acids is 1. The summed E-state index contributed by atoms with van der Waals surface area (Å²) in [5, 5.41) is 12.3. The Hall–Kier alpha value is -1.10. The SMILES string of the molecule is NC1(C(=O)NCC2(C(=O)O)CCCCCC2)CCC1. The molecule has 5 nitrogen and oxygen atoms in total. The van der Waals surface area contributed by atoms with Crippen LogP contribution < -0.4 is 11.1 Å². The third-order valence-electron chi connectivity index (χ3n) is 4.80. The van der Waals surface area contributed by atoms with E-state index in [2.05, 4.69) is 5.32 Å². The number of hydrogen-bond acceptors (Lipinski definition) is 3. The molecule has 0 unspecified atom stereocenters. The van der Waals surface area contributed by atoms with Crippen LogP contribution in [0.15, 0.2) is 0 Å². The van der Waals surface area contributed by atoms with Gasteiger partial charge in [0.2, 0.25) is 5.91 Å². The minimum Gasteiger partial charge on any atom is -0.481 e. The van der Waals surface area contributed by atoms with Gasteiger partial charge in [-0.1, -0.05) is 25.7 Å². The van der Waals surface area contributed by atoms with E-state index in [0.717, 1.165) is 32.1 Å². The molecule has 0 aromatic carbocycles. The average Bonchev–Trinajstić information content (AvgIpc) is 2.59. The van der Waals surface area contributed by atoms with E-state index in [-0.39, 0.29) is 12.5 Å². The number of carbonyl (C=O) groups excluding carboxylic acids is 1. The lowest BCUT2D eigenvalue weighted by Gasteiger charge is -2.37. The molecular weight excluding hydrogens is 244 g/mol. The van der Waals surface area contributed by atoms with Gasteiger partial charge in [0.1, 0.15) is 0 Å². The van der Waals surface area contributed by atoms with Gasteiger partial charge in [0.15, 0.2) is 0 Å². The summed E-state index contributed by atoms with van der Waals surface area (Å²) in [6.07, 6.45) is 7.73. The van der Waals surface area contributed by atoms with E-state index in [1.165, 1.54) is 0 Å². The second kappa shape index (κ2) is 5.49. The monoisotopic (exact) mass is 268 g/mol. The number of carboxylic acid groups (broad SMARTS) is 1. The van der Waals surface area contributed by atoms with Crippen molar-refractivity contribution in [1.82, 2.24) is 5.32 Å². The van der Waals surface area contributed by atoms with Crippen molar-refractivity contribution in [2.75, 3.05) is 6.54 Å². The van der Waals surface area contributed by atoms with Crippen molar-refractivity contribution in [1.29, 1.82) is 0 Å². The summed E-state index contributed by atoms with van der Waals surface area (Å²) in [5.74, 6) is -0.960. The summed E-state index contributed by atoms with van der Waals surface area (Å²) in [6.45, 7) is 0.222. The Morgan fingerprint density at radius 1 is 1.00 bits per heavy atom. The third kappa shape index (κ3) is 2.91. The number of rotatable bonds is 4. The summed E-state index contributed by atoms with van der Waals surface area (Å²) in [5.41, 5.74) is 4.42. The topological polar surface area (TPSA) is 92.4 Å². The first kappa shape index (κ1) is 14.3. The van der Waals surface area contributed by atoms with Gasteiger partial charge in [0.05, 0.1) is 11.0 Å². The van der Waals surface area contributed by atoms with Crippen LogP contribution in [-0.2, 0) is 9.59 Å². The van der Waals surface area contributed by atoms with Crippen LogP contribution in [0.2, 0.25) is 0 Å². The van der Waals surface area contributed by atoms with E-state index in [0.29, 0.717) is 25.7 Å². The molecule has 2 aliphatic carbocycles. The van der Waals surface area contributed by atoms with Crippen molar-refractivity contribution < 1.29 is 14.7 Å². The summed E-state index contributed by atoms with van der Waals surface area (Å²) in [6, 6.07) is 0. The van der Waals surface area contributed by atoms with Crippen LogP contribution in [-0.4, -0.2) is 29.1 Å². The van der Waals surface area contributed by atoms with E-state index < -0.39 is 16.9 Å². The molecule has 2 aliphatic rings. The van der Waals surface area contributed by atoms with Crippen LogP contribution in [0.3, 0.4) is 0 Å². The zero-order chi connectivity index (χ0) is 13.9. The molecule has 5 heteroatoms. The lowest BCUT2D eigenvalue weighted by atomic mass is 9.76. The molecule has 0 aromatic rings. The predicted molar refractivity (Wildman–Crippen MR) is 71.5 cm³/mol. The molecule has 0 aromatic heterocycles. The van der Waals surface area contributed by atoms with E-state index in [4.69, 9.17) is 5.73 Å². The van der Waals surface area contributed by atoms with E-state index >= 15 is 0 Å². The molecule has 2 rings (SSSR count). The Labute approximate surface area is 113 Å². The lowest BCUT2D eigenvalue weighted by molar-refractivity contribution is -0.150. The van der Waals surface area contributed by atoms with Crippen molar-refractivity contribution in [2.24, 2.45) is 11.1 Å². The highest BCUT2D eigenvalue weighted by atomic mass is 16.4. The fourth-order valence-corrected chi connectivity index (χ4v) is 3.08. The predicted octanol–water partition coefficient (Wildman–Crippen LogP) is 1.41. The van der Waals surface area contributed by atoms with Gasteiger partial charge in [-0.15, -0.1) is 0 Å². The molecule has 2 fully saturated rings. The molecule has 4 N–H and O–H groups in total. The van der Waals surface area contributed by atoms with Gasteiger partial charge in [-0.3, -0.25) is 9.59 Å². The van der Waals surface area contributed by atoms with Crippen molar-refractivity contribution in [3.8, 4) is 0 Å². The summed E-state index contributed by atoms with van der Waals surface area (Å²) >= 11 is 0. The van der Waals surface area contributed by atoms with Crippen LogP contribution in [0.25, 0.3) is 0 Å². The molecule has 0 atom stereocenters. The highest BCUT2D eigenvalue weighted by Crippen LogP contribution is 2.35. The van der Waals surface area contributed by atoms with Gasteiger partial charge in [-0.05, 0) is 32.1 Å². The van der Waals surface area contributed by atoms with Gasteiger partial charge in [0, 0.05) is 6.54 Å². The highest BCUT2D eigenvalue weighted by Gasteiger charge is 2.43. The first-order chi connectivity index (χ1) is 8.99. The molecule has 108 valence electrons. The van der Waals surface area contributed by atoms with Crippen molar-refractivity contribution in [2.45, 2.75) is 63.3 Å². The number of nitrogens with one attached hydrogen (secondary N) is 1. The molecule has 1 amide bonds. The molecule has 0 radical (unpaired) electrons. The molecule has 0 saturated heterocycles. The minimum absolute atomic E-state index is 0.177. The zero-order valence-electron chi connectivity index (χ0n) is 11.4. The third-order valence-corrected chi connectivity index (χ3v) is 4.80. The smallest absolute Gasteiger partial charge is 0.311 e. The van der Waals surface area contributed by atoms with Gasteiger partial charge in [-0.25, -0.2) is 0 Å². The van der Waals surface area contributed by atoms with Gasteiger partial charge in [0.25, 0.3) is 0 Å². The van der Waals surface area contributed by atoms with Crippen LogP contribution in [0, 0.1) is 5.41 Å². The van der Waals surface area contributed by atoms with Gasteiger partial charge < -0.3 is 16.2 Å². The molecule has 19 heavy (non-hydrogen) atoms. The molecule has 0 heterocycles. The Bertz CT molecular complexity index is 356. The van der Waals surface area contributed by atoms with Crippen LogP contribution in [0.4, 0.5) is 0 Å². The quantitative estimate of drug-likeness (QED) is 0.672. The molecule has 0 aliphatic heterocycles. The fourth-order valence-electron chi connectivity index (χ4n) is 3.08. The summed E-state index contributed by atoms with van der Waals surface area (Å²) < 4.78 is 0. The summed E-state index contributed by atoms with van der Waals surface area (Å²) in [7, 11) is 0. The Morgan fingerprint density at radius 2 is 1.58 bits per heavy atom.